The predicted molar refractivity (Wildman–Crippen MR) is 131 cm³/mol. The molecule has 0 unspecified atom stereocenters. The molecule has 2 aromatic carbocycles. The molecule has 1 heterocycles. The van der Waals surface area contributed by atoms with Crippen LogP contribution in [0.2, 0.25) is 0 Å². The van der Waals surface area contributed by atoms with Crippen LogP contribution in [0.3, 0.4) is 0 Å². The van der Waals surface area contributed by atoms with Crippen molar-refractivity contribution in [3.05, 3.63) is 83.6 Å². The summed E-state index contributed by atoms with van der Waals surface area (Å²) in [6, 6.07) is 19.5. The van der Waals surface area contributed by atoms with E-state index in [0.717, 1.165) is 18.7 Å². The number of para-hydroxylation sites is 2. The average molecular weight is 448 g/mol. The number of hydrogen-bond acceptors (Lipinski definition) is 5. The summed E-state index contributed by atoms with van der Waals surface area (Å²) >= 11 is 0. The minimum Gasteiger partial charge on any atom is -0.490 e. The zero-order chi connectivity index (χ0) is 23.6. The summed E-state index contributed by atoms with van der Waals surface area (Å²) < 4.78 is 11.4. The van der Waals surface area contributed by atoms with Crippen molar-refractivity contribution in [3.63, 3.8) is 0 Å². The lowest BCUT2D eigenvalue weighted by molar-refractivity contribution is 0.0951. The van der Waals surface area contributed by atoms with Gasteiger partial charge in [0.15, 0.2) is 11.5 Å². The molecule has 3 aromatic rings. The van der Waals surface area contributed by atoms with E-state index in [1.54, 1.807) is 12.3 Å². The van der Waals surface area contributed by atoms with Gasteiger partial charge in [-0.25, -0.2) is 4.98 Å². The summed E-state index contributed by atoms with van der Waals surface area (Å²) in [5.41, 5.74) is 2.74. The summed E-state index contributed by atoms with van der Waals surface area (Å²) in [6.45, 7) is 11.3. The first-order valence-corrected chi connectivity index (χ1v) is 11.5. The van der Waals surface area contributed by atoms with Crippen LogP contribution in [-0.4, -0.2) is 35.0 Å². The third-order valence-electron chi connectivity index (χ3n) is 5.35. The Morgan fingerprint density at radius 2 is 1.67 bits per heavy atom. The molecule has 6 heteroatoms. The molecular formula is C27H33N3O3. The SMILES string of the molecule is CCOc1ccccc1Oc1ccc(CNC(=O)c2ccc(CN(CC)C(C)C)cc2)cn1. The van der Waals surface area contributed by atoms with Crippen molar-refractivity contribution in [3.8, 4) is 17.4 Å². The number of amides is 1. The van der Waals surface area contributed by atoms with Crippen LogP contribution in [-0.2, 0) is 13.1 Å². The maximum Gasteiger partial charge on any atom is 0.251 e. The molecule has 0 atom stereocenters. The monoisotopic (exact) mass is 447 g/mol. The lowest BCUT2D eigenvalue weighted by atomic mass is 10.1. The average Bonchev–Trinajstić information content (AvgIpc) is 2.83. The number of hydrogen-bond donors (Lipinski definition) is 1. The van der Waals surface area contributed by atoms with Gasteiger partial charge in [-0.1, -0.05) is 37.3 Å². The molecule has 1 N–H and O–H groups in total. The van der Waals surface area contributed by atoms with Gasteiger partial charge in [0.1, 0.15) is 0 Å². The Morgan fingerprint density at radius 3 is 2.27 bits per heavy atom. The maximum absolute atomic E-state index is 12.5. The number of carbonyl (C=O) groups is 1. The predicted octanol–water partition coefficient (Wildman–Crippen LogP) is 5.43. The van der Waals surface area contributed by atoms with Crippen molar-refractivity contribution in [1.82, 2.24) is 15.2 Å². The Balaban J connectivity index is 1.53. The highest BCUT2D eigenvalue weighted by molar-refractivity contribution is 5.94. The second-order valence-corrected chi connectivity index (χ2v) is 8.02. The summed E-state index contributed by atoms with van der Waals surface area (Å²) in [7, 11) is 0. The fourth-order valence-corrected chi connectivity index (χ4v) is 3.44. The van der Waals surface area contributed by atoms with E-state index in [-0.39, 0.29) is 5.91 Å². The molecule has 0 aliphatic rings. The van der Waals surface area contributed by atoms with E-state index in [1.165, 1.54) is 5.56 Å². The van der Waals surface area contributed by atoms with Crippen molar-refractivity contribution >= 4 is 5.91 Å². The van der Waals surface area contributed by atoms with Crippen molar-refractivity contribution in [2.45, 2.75) is 46.8 Å². The topological polar surface area (TPSA) is 63.7 Å². The first-order valence-electron chi connectivity index (χ1n) is 11.5. The number of pyridine rings is 1. The van der Waals surface area contributed by atoms with E-state index >= 15 is 0 Å². The van der Waals surface area contributed by atoms with Gasteiger partial charge in [0.25, 0.3) is 5.91 Å². The van der Waals surface area contributed by atoms with Gasteiger partial charge >= 0.3 is 0 Å². The fraction of sp³-hybridized carbons (Fsp3) is 0.333. The second-order valence-electron chi connectivity index (χ2n) is 8.02. The van der Waals surface area contributed by atoms with Gasteiger partial charge in [0.05, 0.1) is 6.61 Å². The number of nitrogens with zero attached hydrogens (tertiary/aromatic N) is 2. The Bertz CT molecular complexity index is 1020. The lowest BCUT2D eigenvalue weighted by Gasteiger charge is -2.24. The third kappa shape index (κ3) is 7.05. The van der Waals surface area contributed by atoms with E-state index in [0.29, 0.717) is 42.1 Å². The number of nitrogens with one attached hydrogen (secondary N) is 1. The van der Waals surface area contributed by atoms with Crippen molar-refractivity contribution in [2.75, 3.05) is 13.2 Å². The van der Waals surface area contributed by atoms with Gasteiger partial charge < -0.3 is 14.8 Å². The summed E-state index contributed by atoms with van der Waals surface area (Å²) in [6.07, 6.45) is 1.70. The van der Waals surface area contributed by atoms with Crippen LogP contribution in [0.1, 0.15) is 49.2 Å². The first-order chi connectivity index (χ1) is 16.0. The van der Waals surface area contributed by atoms with Crippen molar-refractivity contribution in [1.29, 1.82) is 0 Å². The minimum atomic E-state index is -0.108. The zero-order valence-electron chi connectivity index (χ0n) is 19.9. The highest BCUT2D eigenvalue weighted by Crippen LogP contribution is 2.30. The Kier molecular flexibility index (Phi) is 8.84. The van der Waals surface area contributed by atoms with Gasteiger partial charge in [0, 0.05) is 37.0 Å². The van der Waals surface area contributed by atoms with Crippen LogP contribution in [0, 0.1) is 0 Å². The van der Waals surface area contributed by atoms with Crippen molar-refractivity contribution < 1.29 is 14.3 Å². The van der Waals surface area contributed by atoms with Gasteiger partial charge in [-0.05, 0) is 62.7 Å². The molecule has 0 radical (unpaired) electrons. The van der Waals surface area contributed by atoms with Crippen LogP contribution in [0.25, 0.3) is 0 Å². The molecule has 0 aliphatic heterocycles. The van der Waals surface area contributed by atoms with E-state index in [1.807, 2.05) is 61.5 Å². The molecule has 0 fully saturated rings. The molecule has 1 aromatic heterocycles. The van der Waals surface area contributed by atoms with Crippen molar-refractivity contribution in [2.24, 2.45) is 0 Å². The lowest BCUT2D eigenvalue weighted by Crippen LogP contribution is -2.30. The first kappa shape index (κ1) is 24.3. The summed E-state index contributed by atoms with van der Waals surface area (Å²) in [4.78, 5) is 19.3. The largest absolute Gasteiger partial charge is 0.490 e. The molecule has 0 spiro atoms. The van der Waals surface area contributed by atoms with E-state index < -0.39 is 0 Å². The summed E-state index contributed by atoms with van der Waals surface area (Å²) in [5, 5.41) is 2.95. The number of carbonyl (C=O) groups excluding carboxylic acids is 1. The molecule has 3 rings (SSSR count). The highest BCUT2D eigenvalue weighted by atomic mass is 16.5. The van der Waals surface area contributed by atoms with E-state index in [2.05, 4.69) is 36.0 Å². The number of benzene rings is 2. The van der Waals surface area contributed by atoms with Gasteiger partial charge in [-0.15, -0.1) is 0 Å². The third-order valence-corrected chi connectivity index (χ3v) is 5.35. The standard InChI is InChI=1S/C27H33N3O3/c1-5-30(20(3)4)19-21-11-14-23(15-12-21)27(31)29-18-22-13-16-26(28-17-22)33-25-10-8-7-9-24(25)32-6-2/h7-17,20H,5-6,18-19H2,1-4H3,(H,29,31). The van der Waals surface area contributed by atoms with Crippen LogP contribution in [0.4, 0.5) is 0 Å². The molecule has 174 valence electrons. The van der Waals surface area contributed by atoms with Gasteiger partial charge in [-0.3, -0.25) is 9.69 Å². The van der Waals surface area contributed by atoms with Crippen LogP contribution in [0.15, 0.2) is 66.9 Å². The Labute approximate surface area is 196 Å². The summed E-state index contributed by atoms with van der Waals surface area (Å²) in [5.74, 6) is 1.65. The molecule has 0 saturated heterocycles. The molecule has 0 bridgehead atoms. The Hall–Kier alpha value is -3.38. The minimum absolute atomic E-state index is 0.108. The van der Waals surface area contributed by atoms with Crippen LogP contribution in [0.5, 0.6) is 17.4 Å². The molecule has 0 aliphatic carbocycles. The van der Waals surface area contributed by atoms with Gasteiger partial charge in [0.2, 0.25) is 5.88 Å². The smallest absolute Gasteiger partial charge is 0.251 e. The molecule has 6 nitrogen and oxygen atoms in total. The zero-order valence-corrected chi connectivity index (χ0v) is 19.9. The van der Waals surface area contributed by atoms with E-state index in [9.17, 15) is 4.79 Å². The van der Waals surface area contributed by atoms with Crippen LogP contribution < -0.4 is 14.8 Å². The number of rotatable bonds is 11. The van der Waals surface area contributed by atoms with Crippen LogP contribution >= 0.6 is 0 Å². The quantitative estimate of drug-likeness (QED) is 0.424. The molecule has 1 amide bonds. The fourth-order valence-electron chi connectivity index (χ4n) is 3.44. The molecule has 0 saturated carbocycles. The normalized spacial score (nSPS) is 11.0. The number of ether oxygens (including phenoxy) is 2. The number of aromatic nitrogens is 1. The highest BCUT2D eigenvalue weighted by Gasteiger charge is 2.10. The van der Waals surface area contributed by atoms with Gasteiger partial charge in [-0.2, -0.15) is 0 Å². The second kappa shape index (κ2) is 12.0. The molecule has 33 heavy (non-hydrogen) atoms. The maximum atomic E-state index is 12.5. The Morgan fingerprint density at radius 1 is 0.970 bits per heavy atom. The molecular weight excluding hydrogens is 414 g/mol. The van der Waals surface area contributed by atoms with E-state index in [4.69, 9.17) is 9.47 Å².